The number of pyridine rings is 1. The van der Waals surface area contributed by atoms with Crippen LogP contribution < -0.4 is 5.32 Å². The predicted molar refractivity (Wildman–Crippen MR) is 97.5 cm³/mol. The fraction of sp³-hybridized carbons (Fsp3) is 0.294. The summed E-state index contributed by atoms with van der Waals surface area (Å²) in [7, 11) is 0. The molecule has 1 aromatic carbocycles. The number of thioether (sulfide) groups is 1. The largest absolute Gasteiger partial charge is 0.316 e. The summed E-state index contributed by atoms with van der Waals surface area (Å²) in [6, 6.07) is 9.95. The molecule has 0 bridgehead atoms. The molecule has 0 spiro atoms. The van der Waals surface area contributed by atoms with E-state index in [1.54, 1.807) is 24.0 Å². The van der Waals surface area contributed by atoms with E-state index in [0.717, 1.165) is 42.4 Å². The van der Waals surface area contributed by atoms with E-state index in [1.165, 1.54) is 16.0 Å². The topological polar surface area (TPSA) is 48.7 Å². The van der Waals surface area contributed by atoms with E-state index in [1.807, 2.05) is 12.1 Å². The quantitative estimate of drug-likeness (QED) is 0.834. The molecule has 1 aromatic heterocycles. The Kier molecular flexibility index (Phi) is 6.73. The maximum absolute atomic E-state index is 8.81. The first-order chi connectivity index (χ1) is 10.8. The minimum absolute atomic E-state index is 0. The highest BCUT2D eigenvalue weighted by atomic mass is 35.5. The van der Waals surface area contributed by atoms with E-state index in [2.05, 4.69) is 22.4 Å². The zero-order valence-electron chi connectivity index (χ0n) is 12.5. The third kappa shape index (κ3) is 4.39. The van der Waals surface area contributed by atoms with Crippen molar-refractivity contribution in [2.75, 3.05) is 13.1 Å². The number of halogens is 2. The van der Waals surface area contributed by atoms with E-state index in [-0.39, 0.29) is 12.4 Å². The van der Waals surface area contributed by atoms with Crippen LogP contribution >= 0.6 is 35.8 Å². The Morgan fingerprint density at radius 3 is 2.78 bits per heavy atom. The van der Waals surface area contributed by atoms with Crippen LogP contribution in [0.15, 0.2) is 35.4 Å². The van der Waals surface area contributed by atoms with Gasteiger partial charge in [-0.25, -0.2) is 0 Å². The van der Waals surface area contributed by atoms with Crippen LogP contribution in [0, 0.1) is 11.3 Å². The van der Waals surface area contributed by atoms with Crippen LogP contribution in [0.3, 0.4) is 0 Å². The highest BCUT2D eigenvalue weighted by Crippen LogP contribution is 2.35. The molecule has 0 aliphatic carbocycles. The molecule has 3 nitrogen and oxygen atoms in total. The molecule has 1 aliphatic rings. The van der Waals surface area contributed by atoms with Crippen LogP contribution in [0.2, 0.25) is 5.02 Å². The molecule has 0 saturated heterocycles. The lowest BCUT2D eigenvalue weighted by atomic mass is 10.0. The van der Waals surface area contributed by atoms with Gasteiger partial charge in [-0.15, -0.1) is 24.2 Å². The standard InChI is InChI=1S/C17H16ClN3S.ClH/c18-16-4-2-13-5-7-20-8-6-15(13)17(16)22-11-14-3-1-12(9-19)10-21-14;/h1-4,10,20H,5-8,11H2;1H. The van der Waals surface area contributed by atoms with Crippen LogP contribution in [0.1, 0.15) is 22.4 Å². The van der Waals surface area contributed by atoms with E-state index in [4.69, 9.17) is 16.9 Å². The summed E-state index contributed by atoms with van der Waals surface area (Å²) in [5.74, 6) is 0.759. The second kappa shape index (κ2) is 8.56. The van der Waals surface area contributed by atoms with Gasteiger partial charge in [0.05, 0.1) is 16.3 Å². The Bertz CT molecular complexity index is 711. The van der Waals surface area contributed by atoms with E-state index < -0.39 is 0 Å². The molecule has 0 saturated carbocycles. The number of hydrogen-bond donors (Lipinski definition) is 1. The number of hydrogen-bond acceptors (Lipinski definition) is 4. The summed E-state index contributed by atoms with van der Waals surface area (Å²) >= 11 is 8.16. The normalized spacial score (nSPS) is 13.4. The van der Waals surface area contributed by atoms with Crippen molar-refractivity contribution in [3.05, 3.63) is 57.9 Å². The number of nitrogens with one attached hydrogen (secondary N) is 1. The lowest BCUT2D eigenvalue weighted by molar-refractivity contribution is 0.709. The maximum atomic E-state index is 8.81. The van der Waals surface area contributed by atoms with Gasteiger partial charge in [0.2, 0.25) is 0 Å². The molecule has 0 radical (unpaired) electrons. The molecule has 0 fully saturated rings. The lowest BCUT2D eigenvalue weighted by Gasteiger charge is -2.13. The van der Waals surface area contributed by atoms with Crippen molar-refractivity contribution in [2.45, 2.75) is 23.5 Å². The average molecular weight is 366 g/mol. The molecule has 0 amide bonds. The Hall–Kier alpha value is -1.25. The summed E-state index contributed by atoms with van der Waals surface area (Å²) in [6.07, 6.45) is 3.68. The highest BCUT2D eigenvalue weighted by Gasteiger charge is 2.15. The molecule has 2 heterocycles. The first kappa shape index (κ1) is 18.1. The number of nitriles is 1. The van der Waals surface area contributed by atoms with Gasteiger partial charge in [0.1, 0.15) is 6.07 Å². The molecule has 1 N–H and O–H groups in total. The molecule has 1 aliphatic heterocycles. The average Bonchev–Trinajstić information content (AvgIpc) is 2.80. The second-order valence-corrected chi connectivity index (χ2v) is 6.60. The van der Waals surface area contributed by atoms with Gasteiger partial charge in [-0.2, -0.15) is 5.26 Å². The van der Waals surface area contributed by atoms with Crippen molar-refractivity contribution in [3.63, 3.8) is 0 Å². The van der Waals surface area contributed by atoms with Gasteiger partial charge in [0.15, 0.2) is 0 Å². The SMILES string of the molecule is Cl.N#Cc1ccc(CSc2c(Cl)ccc3c2CCNCC3)nc1. The lowest BCUT2D eigenvalue weighted by Crippen LogP contribution is -2.16. The number of rotatable bonds is 3. The van der Waals surface area contributed by atoms with Crippen LogP contribution in [0.25, 0.3) is 0 Å². The number of aromatic nitrogens is 1. The Morgan fingerprint density at radius 1 is 1.22 bits per heavy atom. The number of fused-ring (bicyclic) bond motifs is 1. The summed E-state index contributed by atoms with van der Waals surface area (Å²) < 4.78 is 0. The van der Waals surface area contributed by atoms with Crippen LogP contribution in [-0.2, 0) is 18.6 Å². The number of benzene rings is 1. The van der Waals surface area contributed by atoms with Crippen LogP contribution in [0.4, 0.5) is 0 Å². The van der Waals surface area contributed by atoms with Crippen LogP contribution in [-0.4, -0.2) is 18.1 Å². The van der Waals surface area contributed by atoms with Crippen LogP contribution in [0.5, 0.6) is 0 Å². The van der Waals surface area contributed by atoms with Crippen molar-refractivity contribution < 1.29 is 0 Å². The molecule has 120 valence electrons. The molecule has 23 heavy (non-hydrogen) atoms. The monoisotopic (exact) mass is 365 g/mol. The van der Waals surface area contributed by atoms with Gasteiger partial charge in [0.25, 0.3) is 0 Å². The zero-order chi connectivity index (χ0) is 15.4. The van der Waals surface area contributed by atoms with Gasteiger partial charge in [-0.1, -0.05) is 17.7 Å². The predicted octanol–water partition coefficient (Wildman–Crippen LogP) is 4.01. The zero-order valence-corrected chi connectivity index (χ0v) is 14.9. The summed E-state index contributed by atoms with van der Waals surface area (Å²) in [5, 5.41) is 13.1. The first-order valence-corrected chi connectivity index (χ1v) is 8.63. The van der Waals surface area contributed by atoms with E-state index in [9.17, 15) is 0 Å². The molecular weight excluding hydrogens is 349 g/mol. The Labute approximate surface area is 151 Å². The minimum atomic E-state index is 0. The van der Waals surface area contributed by atoms with E-state index in [0.29, 0.717) is 5.56 Å². The molecule has 6 heteroatoms. The van der Waals surface area contributed by atoms with Gasteiger partial charge in [-0.3, -0.25) is 4.98 Å². The van der Waals surface area contributed by atoms with Gasteiger partial charge < -0.3 is 5.32 Å². The Morgan fingerprint density at radius 2 is 2.04 bits per heavy atom. The first-order valence-electron chi connectivity index (χ1n) is 7.27. The van der Waals surface area contributed by atoms with Crippen molar-refractivity contribution in [2.24, 2.45) is 0 Å². The summed E-state index contributed by atoms with van der Waals surface area (Å²) in [5.41, 5.74) is 4.32. The highest BCUT2D eigenvalue weighted by molar-refractivity contribution is 7.98. The number of nitrogens with zero attached hydrogens (tertiary/aromatic N) is 2. The van der Waals surface area contributed by atoms with Crippen molar-refractivity contribution in [1.29, 1.82) is 5.26 Å². The van der Waals surface area contributed by atoms with Gasteiger partial charge in [0, 0.05) is 16.8 Å². The maximum Gasteiger partial charge on any atom is 0.101 e. The van der Waals surface area contributed by atoms with E-state index >= 15 is 0 Å². The van der Waals surface area contributed by atoms with Gasteiger partial charge >= 0.3 is 0 Å². The summed E-state index contributed by atoms with van der Waals surface area (Å²) in [4.78, 5) is 5.50. The smallest absolute Gasteiger partial charge is 0.101 e. The molecular formula is C17H17Cl2N3S. The molecule has 0 unspecified atom stereocenters. The molecule has 0 atom stereocenters. The van der Waals surface area contributed by atoms with Crippen molar-refractivity contribution in [1.82, 2.24) is 10.3 Å². The fourth-order valence-electron chi connectivity index (χ4n) is 2.59. The second-order valence-electron chi connectivity index (χ2n) is 5.20. The Balaban J connectivity index is 0.00000192. The third-order valence-corrected chi connectivity index (χ3v) is 5.37. The van der Waals surface area contributed by atoms with Crippen molar-refractivity contribution >= 4 is 35.8 Å². The fourth-order valence-corrected chi connectivity index (χ4v) is 4.00. The summed E-state index contributed by atoms with van der Waals surface area (Å²) in [6.45, 7) is 2.02. The van der Waals surface area contributed by atoms with Crippen molar-refractivity contribution in [3.8, 4) is 6.07 Å². The third-order valence-electron chi connectivity index (χ3n) is 3.75. The molecule has 2 aromatic rings. The minimum Gasteiger partial charge on any atom is -0.316 e. The molecule has 3 rings (SSSR count). The van der Waals surface area contributed by atoms with Gasteiger partial charge in [-0.05, 0) is 55.3 Å².